The molecular weight excluding hydrogens is 266 g/mol. The summed E-state index contributed by atoms with van der Waals surface area (Å²) in [5, 5.41) is 1.77. The molecule has 0 N–H and O–H groups in total. The Morgan fingerprint density at radius 1 is 1.56 bits per heavy atom. The maximum Gasteiger partial charge on any atom is 0.161 e. The number of hydrogen-bond donors (Lipinski definition) is 0. The SMILES string of the molecule is CCN1C(=CC(=O)C2CC2)Sc2ccc(Cl)cc21. The molecule has 0 unspecified atom stereocenters. The first-order valence-corrected chi connectivity index (χ1v) is 7.39. The number of carbonyl (C=O) groups is 1. The molecule has 2 nitrogen and oxygen atoms in total. The monoisotopic (exact) mass is 279 g/mol. The second kappa shape index (κ2) is 4.63. The van der Waals surface area contributed by atoms with Crippen molar-refractivity contribution in [1.82, 2.24) is 0 Å². The van der Waals surface area contributed by atoms with Gasteiger partial charge in [-0.25, -0.2) is 0 Å². The number of thioether (sulfide) groups is 1. The zero-order chi connectivity index (χ0) is 12.7. The lowest BCUT2D eigenvalue weighted by Gasteiger charge is -2.17. The van der Waals surface area contributed by atoms with Gasteiger partial charge in [0.15, 0.2) is 5.78 Å². The molecule has 1 aromatic rings. The lowest BCUT2D eigenvalue weighted by Crippen LogP contribution is -2.17. The lowest BCUT2D eigenvalue weighted by molar-refractivity contribution is -0.115. The van der Waals surface area contributed by atoms with Crippen LogP contribution in [-0.2, 0) is 4.79 Å². The molecule has 1 aromatic carbocycles. The third-order valence-corrected chi connectivity index (χ3v) is 4.60. The van der Waals surface area contributed by atoms with E-state index in [0.717, 1.165) is 35.1 Å². The van der Waals surface area contributed by atoms with Gasteiger partial charge in [0.2, 0.25) is 0 Å². The van der Waals surface area contributed by atoms with E-state index in [4.69, 9.17) is 11.6 Å². The van der Waals surface area contributed by atoms with Crippen LogP contribution in [0.25, 0.3) is 0 Å². The molecule has 4 heteroatoms. The molecule has 1 fully saturated rings. The summed E-state index contributed by atoms with van der Waals surface area (Å²) in [6, 6.07) is 5.89. The molecule has 0 aromatic heterocycles. The Kier molecular flexibility index (Phi) is 3.12. The Morgan fingerprint density at radius 2 is 2.33 bits per heavy atom. The van der Waals surface area contributed by atoms with Crippen LogP contribution >= 0.6 is 23.4 Å². The van der Waals surface area contributed by atoms with E-state index >= 15 is 0 Å². The highest BCUT2D eigenvalue weighted by molar-refractivity contribution is 8.03. The van der Waals surface area contributed by atoms with E-state index in [-0.39, 0.29) is 11.7 Å². The standard InChI is InChI=1S/C14H14ClNOS/c1-2-16-11-7-10(15)5-6-13(11)18-14(16)8-12(17)9-3-4-9/h5-9H,2-4H2,1H3. The van der Waals surface area contributed by atoms with Crippen LogP contribution in [0.1, 0.15) is 19.8 Å². The van der Waals surface area contributed by atoms with Gasteiger partial charge in [-0.1, -0.05) is 23.4 Å². The number of hydrogen-bond acceptors (Lipinski definition) is 3. The van der Waals surface area contributed by atoms with E-state index in [1.807, 2.05) is 18.2 Å². The molecule has 0 atom stereocenters. The van der Waals surface area contributed by atoms with Crippen molar-refractivity contribution < 1.29 is 4.79 Å². The van der Waals surface area contributed by atoms with Crippen molar-refractivity contribution in [2.45, 2.75) is 24.7 Å². The van der Waals surface area contributed by atoms with Crippen molar-refractivity contribution in [3.05, 3.63) is 34.3 Å². The third kappa shape index (κ3) is 2.17. The minimum Gasteiger partial charge on any atom is -0.335 e. The molecule has 0 amide bonds. The van der Waals surface area contributed by atoms with Crippen LogP contribution < -0.4 is 4.90 Å². The zero-order valence-corrected chi connectivity index (χ0v) is 11.7. The number of anilines is 1. The van der Waals surface area contributed by atoms with Gasteiger partial charge in [-0.05, 0) is 38.0 Å². The number of halogens is 1. The molecule has 3 rings (SSSR count). The largest absolute Gasteiger partial charge is 0.335 e. The Hall–Kier alpha value is -0.930. The second-order valence-electron chi connectivity index (χ2n) is 4.62. The van der Waals surface area contributed by atoms with Gasteiger partial charge < -0.3 is 4.90 Å². The maximum absolute atomic E-state index is 11.9. The number of allylic oxidation sites excluding steroid dienone is 1. The van der Waals surface area contributed by atoms with E-state index in [1.165, 1.54) is 4.90 Å². The van der Waals surface area contributed by atoms with Crippen molar-refractivity contribution in [2.24, 2.45) is 5.92 Å². The van der Waals surface area contributed by atoms with Crippen molar-refractivity contribution in [3.63, 3.8) is 0 Å². The number of benzene rings is 1. The second-order valence-corrected chi connectivity index (χ2v) is 6.12. The van der Waals surface area contributed by atoms with Crippen molar-refractivity contribution in [2.75, 3.05) is 11.4 Å². The summed E-state index contributed by atoms with van der Waals surface area (Å²) in [6.45, 7) is 2.94. The fourth-order valence-corrected chi connectivity index (χ4v) is 3.43. The molecule has 18 heavy (non-hydrogen) atoms. The van der Waals surface area contributed by atoms with E-state index in [0.29, 0.717) is 0 Å². The predicted octanol–water partition coefficient (Wildman–Crippen LogP) is 4.09. The van der Waals surface area contributed by atoms with Gasteiger partial charge in [0.25, 0.3) is 0 Å². The normalized spacial score (nSPS) is 20.3. The summed E-state index contributed by atoms with van der Waals surface area (Å²) in [5.41, 5.74) is 1.12. The van der Waals surface area contributed by atoms with E-state index in [9.17, 15) is 4.79 Å². The summed E-state index contributed by atoms with van der Waals surface area (Å²) < 4.78 is 0. The molecule has 0 spiro atoms. The fourth-order valence-electron chi connectivity index (χ4n) is 2.12. The Balaban J connectivity index is 1.93. The molecule has 0 radical (unpaired) electrons. The van der Waals surface area contributed by atoms with Gasteiger partial charge in [-0.2, -0.15) is 0 Å². The van der Waals surface area contributed by atoms with Crippen molar-refractivity contribution in [1.29, 1.82) is 0 Å². The molecule has 2 aliphatic rings. The van der Waals surface area contributed by atoms with Gasteiger partial charge in [0, 0.05) is 28.5 Å². The summed E-state index contributed by atoms with van der Waals surface area (Å²) >= 11 is 7.70. The van der Waals surface area contributed by atoms with Crippen LogP contribution in [0.4, 0.5) is 5.69 Å². The van der Waals surface area contributed by atoms with Gasteiger partial charge in [-0.15, -0.1) is 0 Å². The van der Waals surface area contributed by atoms with Gasteiger partial charge in [0.1, 0.15) is 0 Å². The lowest BCUT2D eigenvalue weighted by atomic mass is 10.2. The fraction of sp³-hybridized carbons (Fsp3) is 0.357. The molecule has 0 bridgehead atoms. The van der Waals surface area contributed by atoms with E-state index < -0.39 is 0 Å². The van der Waals surface area contributed by atoms with Crippen LogP contribution in [0, 0.1) is 5.92 Å². The summed E-state index contributed by atoms with van der Waals surface area (Å²) in [6.07, 6.45) is 3.91. The Morgan fingerprint density at radius 3 is 3.00 bits per heavy atom. The summed E-state index contributed by atoms with van der Waals surface area (Å²) in [7, 11) is 0. The molecule has 94 valence electrons. The first kappa shape index (κ1) is 12.1. The Labute approximate surface area is 116 Å². The van der Waals surface area contributed by atoms with Crippen LogP contribution in [0.15, 0.2) is 34.2 Å². The predicted molar refractivity (Wildman–Crippen MR) is 76.1 cm³/mol. The highest BCUT2D eigenvalue weighted by Crippen LogP contribution is 2.47. The van der Waals surface area contributed by atoms with Crippen LogP contribution in [-0.4, -0.2) is 12.3 Å². The van der Waals surface area contributed by atoms with Crippen LogP contribution in [0.5, 0.6) is 0 Å². The molecule has 1 aliphatic heterocycles. The summed E-state index contributed by atoms with van der Waals surface area (Å²) in [5.74, 6) is 0.555. The highest BCUT2D eigenvalue weighted by atomic mass is 35.5. The summed E-state index contributed by atoms with van der Waals surface area (Å²) in [4.78, 5) is 15.2. The van der Waals surface area contributed by atoms with E-state index in [1.54, 1.807) is 17.8 Å². The molecule has 1 saturated carbocycles. The third-order valence-electron chi connectivity index (χ3n) is 3.25. The molecule has 0 saturated heterocycles. The molecule has 1 heterocycles. The van der Waals surface area contributed by atoms with Gasteiger partial charge >= 0.3 is 0 Å². The average molecular weight is 280 g/mol. The van der Waals surface area contributed by atoms with Crippen LogP contribution in [0.3, 0.4) is 0 Å². The van der Waals surface area contributed by atoms with Gasteiger partial charge in [0.05, 0.1) is 10.7 Å². The maximum atomic E-state index is 11.9. The highest BCUT2D eigenvalue weighted by Gasteiger charge is 2.31. The smallest absolute Gasteiger partial charge is 0.161 e. The zero-order valence-electron chi connectivity index (χ0n) is 10.1. The topological polar surface area (TPSA) is 20.3 Å². The molecule has 1 aliphatic carbocycles. The Bertz CT molecular complexity index is 537. The number of rotatable bonds is 3. The minimum atomic E-state index is 0.273. The molecular formula is C14H14ClNOS. The quantitative estimate of drug-likeness (QED) is 0.777. The number of fused-ring (bicyclic) bond motifs is 1. The minimum absolute atomic E-state index is 0.273. The first-order valence-electron chi connectivity index (χ1n) is 6.19. The van der Waals surface area contributed by atoms with Gasteiger partial charge in [-0.3, -0.25) is 4.79 Å². The van der Waals surface area contributed by atoms with Crippen molar-refractivity contribution in [3.8, 4) is 0 Å². The van der Waals surface area contributed by atoms with E-state index in [2.05, 4.69) is 11.8 Å². The average Bonchev–Trinajstić information content (AvgIpc) is 3.13. The number of nitrogens with zero attached hydrogens (tertiary/aromatic N) is 1. The number of carbonyl (C=O) groups excluding carboxylic acids is 1. The van der Waals surface area contributed by atoms with Crippen molar-refractivity contribution >= 4 is 34.8 Å². The van der Waals surface area contributed by atoms with Crippen LogP contribution in [0.2, 0.25) is 5.02 Å². The first-order chi connectivity index (χ1) is 8.69. The number of ketones is 1.